The van der Waals surface area contributed by atoms with E-state index in [2.05, 4.69) is 14.6 Å². The van der Waals surface area contributed by atoms with Gasteiger partial charge in [0.15, 0.2) is 5.01 Å². The zero-order chi connectivity index (χ0) is 18.9. The summed E-state index contributed by atoms with van der Waals surface area (Å²) in [5.74, 6) is -0.130. The second-order valence-electron chi connectivity index (χ2n) is 7.30. The number of thiazole rings is 1. The van der Waals surface area contributed by atoms with Crippen molar-refractivity contribution in [2.45, 2.75) is 50.2 Å². The molecule has 2 unspecified atom stereocenters. The van der Waals surface area contributed by atoms with Gasteiger partial charge in [-0.2, -0.15) is 0 Å². The van der Waals surface area contributed by atoms with Crippen LogP contribution in [-0.4, -0.2) is 61.6 Å². The van der Waals surface area contributed by atoms with E-state index in [-0.39, 0.29) is 11.8 Å². The molecule has 0 radical (unpaired) electrons. The number of hydrogen-bond acceptors (Lipinski definition) is 8. The summed E-state index contributed by atoms with van der Waals surface area (Å²) in [5.41, 5.74) is 12.5. The van der Waals surface area contributed by atoms with E-state index in [1.807, 2.05) is 0 Å². The lowest BCUT2D eigenvalue weighted by molar-refractivity contribution is 0.0822. The number of nitrogens with zero attached hydrogens (tertiary/aromatic N) is 2. The van der Waals surface area contributed by atoms with E-state index in [4.69, 9.17) is 11.5 Å². The van der Waals surface area contributed by atoms with Gasteiger partial charge in [0, 0.05) is 43.5 Å². The summed E-state index contributed by atoms with van der Waals surface area (Å²) in [6.07, 6.45) is 5.22. The van der Waals surface area contributed by atoms with Crippen molar-refractivity contribution in [1.82, 2.24) is 14.6 Å². The number of rotatable bonds is 6. The number of nitrogens with two attached hydrogens (primary N) is 2. The smallest absolute Gasteiger partial charge is 0.212 e. The molecule has 2 atom stereocenters. The van der Waals surface area contributed by atoms with Gasteiger partial charge in [0.2, 0.25) is 15.8 Å². The molecule has 2 heterocycles. The van der Waals surface area contributed by atoms with Crippen LogP contribution in [0.25, 0.3) is 0 Å². The quantitative estimate of drug-likeness (QED) is 0.564. The second kappa shape index (κ2) is 7.61. The van der Waals surface area contributed by atoms with E-state index in [9.17, 15) is 13.2 Å². The van der Waals surface area contributed by atoms with Crippen molar-refractivity contribution in [2.24, 2.45) is 11.5 Å². The molecular weight excluding hydrogens is 374 g/mol. The van der Waals surface area contributed by atoms with Gasteiger partial charge in [-0.15, -0.1) is 11.3 Å². The number of carbonyl (C=O) groups is 1. The van der Waals surface area contributed by atoms with Gasteiger partial charge in [0.25, 0.3) is 0 Å². The number of Topliss-reactive ketones (excluding diaryl/α,β-unsaturated/α-hetero) is 1. The lowest BCUT2D eigenvalue weighted by Crippen LogP contribution is -2.62. The lowest BCUT2D eigenvalue weighted by Gasteiger charge is -2.36. The van der Waals surface area contributed by atoms with Crippen molar-refractivity contribution in [3.63, 3.8) is 0 Å². The first-order chi connectivity index (χ1) is 12.2. The van der Waals surface area contributed by atoms with E-state index in [1.54, 1.807) is 0 Å². The molecule has 10 heteroatoms. The van der Waals surface area contributed by atoms with E-state index in [0.29, 0.717) is 31.1 Å². The maximum atomic E-state index is 13.0. The Bertz CT molecular complexity index is 779. The summed E-state index contributed by atoms with van der Waals surface area (Å²) >= 11 is 1.40. The molecule has 1 saturated carbocycles. The minimum Gasteiger partial charge on any atom is -0.326 e. The number of sulfonamides is 1. The van der Waals surface area contributed by atoms with Crippen LogP contribution in [0.2, 0.25) is 0 Å². The van der Waals surface area contributed by atoms with Crippen LogP contribution >= 0.6 is 11.3 Å². The van der Waals surface area contributed by atoms with Crippen LogP contribution in [0.4, 0.5) is 0 Å². The number of ketones is 1. The highest BCUT2D eigenvalue weighted by molar-refractivity contribution is 7.88. The highest BCUT2D eigenvalue weighted by atomic mass is 32.2. The van der Waals surface area contributed by atoms with Crippen LogP contribution in [0, 0.1) is 0 Å². The molecular formula is C16H27N5O3S2. The molecule has 1 aliphatic carbocycles. The van der Waals surface area contributed by atoms with Crippen LogP contribution < -0.4 is 16.2 Å². The Morgan fingerprint density at radius 3 is 2.92 bits per heavy atom. The average molecular weight is 402 g/mol. The van der Waals surface area contributed by atoms with Gasteiger partial charge in [0.1, 0.15) is 0 Å². The summed E-state index contributed by atoms with van der Waals surface area (Å²) in [6.45, 7) is 2.47. The molecule has 8 nitrogen and oxygen atoms in total. The third-order valence-corrected chi connectivity index (χ3v) is 7.05. The molecule has 5 N–H and O–H groups in total. The summed E-state index contributed by atoms with van der Waals surface area (Å²) in [5, 5.41) is 0.464. The molecule has 1 aromatic heterocycles. The fourth-order valence-corrected chi connectivity index (χ4v) is 5.28. The lowest BCUT2D eigenvalue weighted by atomic mass is 9.76. The number of aromatic nitrogens is 1. The Hall–Kier alpha value is -0.910. The van der Waals surface area contributed by atoms with Crippen molar-refractivity contribution >= 4 is 27.1 Å². The molecule has 146 valence electrons. The first kappa shape index (κ1) is 19.8. The van der Waals surface area contributed by atoms with E-state index in [0.717, 1.165) is 49.1 Å². The molecule has 0 amide bonds. The SMILES string of the molecule is CS(=O)(=O)NCCN1CCc2nc(C(=O)C3(N)CCCCC3N)sc2C1. The van der Waals surface area contributed by atoms with Gasteiger partial charge < -0.3 is 11.5 Å². The van der Waals surface area contributed by atoms with Crippen LogP contribution in [0.1, 0.15) is 46.1 Å². The normalized spacial score (nSPS) is 27.3. The zero-order valence-electron chi connectivity index (χ0n) is 15.0. The molecule has 0 saturated heterocycles. The third-order valence-electron chi connectivity index (χ3n) is 5.24. The zero-order valence-corrected chi connectivity index (χ0v) is 16.7. The molecule has 26 heavy (non-hydrogen) atoms. The van der Waals surface area contributed by atoms with Gasteiger partial charge in [-0.25, -0.2) is 18.1 Å². The second-order valence-corrected chi connectivity index (χ2v) is 10.2. The summed E-state index contributed by atoms with van der Waals surface area (Å²) in [4.78, 5) is 20.7. The fraction of sp³-hybridized carbons (Fsp3) is 0.750. The average Bonchev–Trinajstić information content (AvgIpc) is 2.99. The van der Waals surface area contributed by atoms with E-state index >= 15 is 0 Å². The Morgan fingerprint density at radius 1 is 1.46 bits per heavy atom. The Balaban J connectivity index is 1.66. The largest absolute Gasteiger partial charge is 0.326 e. The molecule has 0 aromatic carbocycles. The van der Waals surface area contributed by atoms with Crippen molar-refractivity contribution in [2.75, 3.05) is 25.9 Å². The van der Waals surface area contributed by atoms with Crippen LogP contribution in [-0.2, 0) is 23.0 Å². The first-order valence-electron chi connectivity index (χ1n) is 8.94. The Kier molecular flexibility index (Phi) is 5.80. The standard InChI is InChI=1S/C16H27N5O3S2/c1-26(23,24)19-7-9-21-8-5-11-12(10-21)25-15(20-11)14(22)16(18)6-3-2-4-13(16)17/h13,19H,2-10,17-18H2,1H3. The maximum Gasteiger partial charge on any atom is 0.212 e. The third kappa shape index (κ3) is 4.32. The number of fused-ring (bicyclic) bond motifs is 1. The Morgan fingerprint density at radius 2 is 2.23 bits per heavy atom. The molecule has 0 spiro atoms. The molecule has 0 bridgehead atoms. The number of carbonyl (C=O) groups excluding carboxylic acids is 1. The van der Waals surface area contributed by atoms with Crippen molar-refractivity contribution in [3.8, 4) is 0 Å². The Labute approximate surface area is 158 Å². The van der Waals surface area contributed by atoms with Crippen molar-refractivity contribution < 1.29 is 13.2 Å². The molecule has 1 fully saturated rings. The van der Waals surface area contributed by atoms with Crippen molar-refractivity contribution in [1.29, 1.82) is 0 Å². The van der Waals surface area contributed by atoms with Gasteiger partial charge in [0.05, 0.1) is 17.5 Å². The monoisotopic (exact) mass is 401 g/mol. The molecule has 2 aliphatic rings. The van der Waals surface area contributed by atoms with Crippen LogP contribution in [0.15, 0.2) is 0 Å². The van der Waals surface area contributed by atoms with E-state index < -0.39 is 15.6 Å². The minimum absolute atomic E-state index is 0.130. The molecule has 1 aliphatic heterocycles. The predicted octanol–water partition coefficient (Wildman–Crippen LogP) is -0.168. The highest BCUT2D eigenvalue weighted by Gasteiger charge is 2.43. The maximum absolute atomic E-state index is 13.0. The predicted molar refractivity (Wildman–Crippen MR) is 102 cm³/mol. The highest BCUT2D eigenvalue weighted by Crippen LogP contribution is 2.32. The van der Waals surface area contributed by atoms with Crippen molar-refractivity contribution in [3.05, 3.63) is 15.6 Å². The van der Waals surface area contributed by atoms with Gasteiger partial charge in [-0.3, -0.25) is 9.69 Å². The fourth-order valence-electron chi connectivity index (χ4n) is 3.63. The molecule has 1 aromatic rings. The topological polar surface area (TPSA) is 131 Å². The van der Waals surface area contributed by atoms with E-state index in [1.165, 1.54) is 11.3 Å². The summed E-state index contributed by atoms with van der Waals surface area (Å²) < 4.78 is 24.8. The number of nitrogens with one attached hydrogen (secondary N) is 1. The van der Waals surface area contributed by atoms with Gasteiger partial charge >= 0.3 is 0 Å². The van der Waals surface area contributed by atoms with Gasteiger partial charge in [-0.05, 0) is 12.8 Å². The van der Waals surface area contributed by atoms with Crippen LogP contribution in [0.5, 0.6) is 0 Å². The summed E-state index contributed by atoms with van der Waals surface area (Å²) in [6, 6.07) is -0.316. The van der Waals surface area contributed by atoms with Gasteiger partial charge in [-0.1, -0.05) is 12.8 Å². The first-order valence-corrected chi connectivity index (χ1v) is 11.6. The number of hydrogen-bond donors (Lipinski definition) is 3. The molecule has 3 rings (SSSR count). The van der Waals surface area contributed by atoms with Crippen LogP contribution in [0.3, 0.4) is 0 Å². The summed E-state index contributed by atoms with van der Waals surface area (Å²) in [7, 11) is -3.17. The minimum atomic E-state index is -3.17.